The van der Waals surface area contributed by atoms with Crippen molar-refractivity contribution in [3.05, 3.63) is 41.7 Å². The van der Waals surface area contributed by atoms with Crippen LogP contribution in [0.3, 0.4) is 0 Å². The van der Waals surface area contributed by atoms with Crippen molar-refractivity contribution < 1.29 is 22.4 Å². The van der Waals surface area contributed by atoms with Gasteiger partial charge in [0.2, 0.25) is 5.09 Å². The van der Waals surface area contributed by atoms with Crippen LogP contribution in [0.4, 0.5) is 5.69 Å². The topological polar surface area (TPSA) is 97.6 Å². The summed E-state index contributed by atoms with van der Waals surface area (Å²) in [6.45, 7) is 9.12. The van der Waals surface area contributed by atoms with Gasteiger partial charge in [0.15, 0.2) is 5.76 Å². The largest absolute Gasteiger partial charge is 0.485 e. The highest BCUT2D eigenvalue weighted by molar-refractivity contribution is 7.89. The number of para-hydroxylation sites is 1. The Morgan fingerprint density at radius 2 is 1.85 bits per heavy atom. The number of furan rings is 1. The number of sulfonamides is 1. The maximum absolute atomic E-state index is 12.5. The zero-order valence-corrected chi connectivity index (χ0v) is 16.9. The van der Waals surface area contributed by atoms with Gasteiger partial charge in [0, 0.05) is 17.5 Å². The Morgan fingerprint density at radius 1 is 1.15 bits per heavy atom. The minimum absolute atomic E-state index is 0.0980. The SMILES string of the molecule is CC(C)(C)NS(=O)(=O)c1ccc(C(=O)Nc2cccc3c2OC(C)(C)C3)o1. The molecule has 7 nitrogen and oxygen atoms in total. The fourth-order valence-corrected chi connectivity index (χ4v) is 4.29. The lowest BCUT2D eigenvalue weighted by Gasteiger charge is -2.19. The second-order valence-electron chi connectivity index (χ2n) is 8.26. The average Bonchev–Trinajstić information content (AvgIpc) is 3.08. The zero-order chi connectivity index (χ0) is 20.0. The van der Waals surface area contributed by atoms with Crippen molar-refractivity contribution in [2.45, 2.75) is 57.3 Å². The molecule has 0 radical (unpaired) electrons. The van der Waals surface area contributed by atoms with Crippen LogP contribution in [0.5, 0.6) is 5.75 Å². The molecule has 2 aromatic rings. The summed E-state index contributed by atoms with van der Waals surface area (Å²) in [5.74, 6) is -0.0160. The van der Waals surface area contributed by atoms with Crippen molar-refractivity contribution in [3.8, 4) is 5.75 Å². The molecule has 0 spiro atoms. The normalized spacial score (nSPS) is 15.9. The molecule has 27 heavy (non-hydrogen) atoms. The Kier molecular flexibility index (Phi) is 4.60. The fraction of sp³-hybridized carbons (Fsp3) is 0.421. The molecule has 8 heteroatoms. The van der Waals surface area contributed by atoms with E-state index in [1.165, 1.54) is 12.1 Å². The van der Waals surface area contributed by atoms with E-state index < -0.39 is 21.5 Å². The monoisotopic (exact) mass is 392 g/mol. The van der Waals surface area contributed by atoms with E-state index >= 15 is 0 Å². The van der Waals surface area contributed by atoms with Gasteiger partial charge in [-0.3, -0.25) is 4.79 Å². The highest BCUT2D eigenvalue weighted by atomic mass is 32.2. The van der Waals surface area contributed by atoms with Gasteiger partial charge in [-0.2, -0.15) is 0 Å². The van der Waals surface area contributed by atoms with Crippen LogP contribution in [0.1, 0.15) is 50.7 Å². The molecule has 1 aromatic carbocycles. The summed E-state index contributed by atoms with van der Waals surface area (Å²) in [6, 6.07) is 8.12. The predicted molar refractivity (Wildman–Crippen MR) is 102 cm³/mol. The Hall–Kier alpha value is -2.32. The van der Waals surface area contributed by atoms with Gasteiger partial charge in [-0.1, -0.05) is 12.1 Å². The highest BCUT2D eigenvalue weighted by Gasteiger charge is 2.32. The van der Waals surface area contributed by atoms with Crippen LogP contribution in [0, 0.1) is 0 Å². The molecule has 0 unspecified atom stereocenters. The van der Waals surface area contributed by atoms with Crippen LogP contribution in [-0.4, -0.2) is 25.5 Å². The first-order chi connectivity index (χ1) is 12.4. The molecule has 0 saturated heterocycles. The van der Waals surface area contributed by atoms with Crippen LogP contribution in [-0.2, 0) is 16.4 Å². The molecule has 1 aliphatic rings. The third-order valence-corrected chi connectivity index (χ3v) is 5.48. The van der Waals surface area contributed by atoms with Crippen molar-refractivity contribution in [3.63, 3.8) is 0 Å². The van der Waals surface area contributed by atoms with Gasteiger partial charge >= 0.3 is 0 Å². The van der Waals surface area contributed by atoms with Crippen molar-refractivity contribution in [1.82, 2.24) is 4.72 Å². The third-order valence-electron chi connectivity index (χ3n) is 3.85. The molecule has 0 aliphatic carbocycles. The first-order valence-corrected chi connectivity index (χ1v) is 10.1. The number of hydrogen-bond acceptors (Lipinski definition) is 5. The number of carbonyl (C=O) groups is 1. The molecule has 0 saturated carbocycles. The number of ether oxygens (including phenoxy) is 1. The van der Waals surface area contributed by atoms with Crippen molar-refractivity contribution >= 4 is 21.6 Å². The van der Waals surface area contributed by atoms with E-state index in [-0.39, 0.29) is 16.5 Å². The lowest BCUT2D eigenvalue weighted by atomic mass is 10.0. The number of amides is 1. The Bertz CT molecular complexity index is 984. The number of rotatable bonds is 4. The number of carbonyl (C=O) groups excluding carboxylic acids is 1. The van der Waals surface area contributed by atoms with E-state index in [0.29, 0.717) is 11.4 Å². The molecule has 0 atom stereocenters. The van der Waals surface area contributed by atoms with Gasteiger partial charge in [-0.25, -0.2) is 13.1 Å². The molecule has 0 bridgehead atoms. The molecule has 1 amide bonds. The van der Waals surface area contributed by atoms with Gasteiger partial charge in [0.25, 0.3) is 15.9 Å². The van der Waals surface area contributed by atoms with Crippen LogP contribution in [0.25, 0.3) is 0 Å². The Morgan fingerprint density at radius 3 is 2.52 bits per heavy atom. The molecule has 3 rings (SSSR count). The third kappa shape index (κ3) is 4.33. The van der Waals surface area contributed by atoms with Gasteiger partial charge in [0.1, 0.15) is 11.4 Å². The maximum Gasteiger partial charge on any atom is 0.291 e. The predicted octanol–water partition coefficient (Wildman–Crippen LogP) is 3.32. The smallest absolute Gasteiger partial charge is 0.291 e. The Labute approximate surface area is 159 Å². The minimum Gasteiger partial charge on any atom is -0.485 e. The summed E-state index contributed by atoms with van der Waals surface area (Å²) < 4.78 is 38.3. The van der Waals surface area contributed by atoms with Gasteiger partial charge in [-0.15, -0.1) is 0 Å². The van der Waals surface area contributed by atoms with Crippen LogP contribution in [0.15, 0.2) is 39.8 Å². The fourth-order valence-electron chi connectivity index (χ4n) is 2.94. The van der Waals surface area contributed by atoms with Gasteiger partial charge in [0.05, 0.1) is 5.69 Å². The zero-order valence-electron chi connectivity index (χ0n) is 16.0. The molecule has 146 valence electrons. The van der Waals surface area contributed by atoms with Gasteiger partial charge in [-0.05, 0) is 52.8 Å². The summed E-state index contributed by atoms with van der Waals surface area (Å²) in [5, 5.41) is 2.43. The van der Waals surface area contributed by atoms with Crippen LogP contribution in [0.2, 0.25) is 0 Å². The summed E-state index contributed by atoms with van der Waals surface area (Å²) >= 11 is 0. The lowest BCUT2D eigenvalue weighted by Crippen LogP contribution is -2.40. The summed E-state index contributed by atoms with van der Waals surface area (Å²) in [4.78, 5) is 12.5. The summed E-state index contributed by atoms with van der Waals surface area (Å²) in [5.41, 5.74) is 0.530. The summed E-state index contributed by atoms with van der Waals surface area (Å²) in [7, 11) is -3.85. The summed E-state index contributed by atoms with van der Waals surface area (Å²) in [6.07, 6.45) is 0.744. The molecule has 0 fully saturated rings. The number of nitrogens with one attached hydrogen (secondary N) is 2. The van der Waals surface area contributed by atoms with Crippen molar-refractivity contribution in [2.75, 3.05) is 5.32 Å². The van der Waals surface area contributed by atoms with E-state index in [2.05, 4.69) is 10.0 Å². The molecular formula is C19H24N2O5S. The van der Waals surface area contributed by atoms with Gasteiger partial charge < -0.3 is 14.5 Å². The molecule has 1 aliphatic heterocycles. The second-order valence-corrected chi connectivity index (χ2v) is 9.87. The number of hydrogen-bond donors (Lipinski definition) is 2. The molecular weight excluding hydrogens is 368 g/mol. The minimum atomic E-state index is -3.85. The lowest BCUT2D eigenvalue weighted by molar-refractivity contribution is 0.0989. The number of anilines is 1. The second kappa shape index (κ2) is 6.38. The van der Waals surface area contributed by atoms with Crippen LogP contribution < -0.4 is 14.8 Å². The van der Waals surface area contributed by atoms with E-state index in [1.807, 2.05) is 26.0 Å². The van der Waals surface area contributed by atoms with Crippen LogP contribution >= 0.6 is 0 Å². The average molecular weight is 392 g/mol. The number of fused-ring (bicyclic) bond motifs is 1. The van der Waals surface area contributed by atoms with Crippen molar-refractivity contribution in [2.24, 2.45) is 0 Å². The van der Waals surface area contributed by atoms with Crippen molar-refractivity contribution in [1.29, 1.82) is 0 Å². The van der Waals surface area contributed by atoms with E-state index in [1.54, 1.807) is 26.8 Å². The van der Waals surface area contributed by atoms with E-state index in [0.717, 1.165) is 12.0 Å². The maximum atomic E-state index is 12.5. The Balaban J connectivity index is 1.80. The highest BCUT2D eigenvalue weighted by Crippen LogP contribution is 2.40. The quantitative estimate of drug-likeness (QED) is 0.832. The number of benzene rings is 1. The molecule has 2 heterocycles. The standard InChI is InChI=1S/C19H24N2O5S/c1-18(2,3)21-27(23,24)15-10-9-14(25-15)17(22)20-13-8-6-7-12-11-19(4,5)26-16(12)13/h6-10,21H,11H2,1-5H3,(H,20,22). The first-order valence-electron chi connectivity index (χ1n) is 8.62. The van der Waals surface area contributed by atoms with E-state index in [4.69, 9.17) is 9.15 Å². The first kappa shape index (κ1) is 19.4. The van der Waals surface area contributed by atoms with E-state index in [9.17, 15) is 13.2 Å². The molecule has 2 N–H and O–H groups in total. The molecule has 1 aromatic heterocycles.